The lowest BCUT2D eigenvalue weighted by Crippen LogP contribution is -2.40. The molecular weight excluding hydrogens is 516 g/mol. The van der Waals surface area contributed by atoms with E-state index >= 15 is 0 Å². The highest BCUT2D eigenvalue weighted by atomic mass is 35.5. The molecule has 12 heteroatoms. The quantitative estimate of drug-likeness (QED) is 0.419. The number of benzene rings is 1. The molecule has 35 heavy (non-hydrogen) atoms. The number of hydrogen-bond donors (Lipinski definition) is 1. The third kappa shape index (κ3) is 4.94. The van der Waals surface area contributed by atoms with Crippen molar-refractivity contribution < 1.29 is 26.7 Å². The van der Waals surface area contributed by atoms with Gasteiger partial charge in [-0.2, -0.15) is 13.2 Å². The van der Waals surface area contributed by atoms with Crippen molar-refractivity contribution in [2.75, 3.05) is 0 Å². The van der Waals surface area contributed by atoms with Crippen LogP contribution in [0.1, 0.15) is 28.0 Å². The maximum absolute atomic E-state index is 14.7. The van der Waals surface area contributed by atoms with Gasteiger partial charge in [-0.25, -0.2) is 13.8 Å². The van der Waals surface area contributed by atoms with Gasteiger partial charge in [-0.05, 0) is 24.3 Å². The minimum Gasteiger partial charge on any atom is -0.336 e. The predicted octanol–water partition coefficient (Wildman–Crippen LogP) is 6.04. The van der Waals surface area contributed by atoms with Crippen LogP contribution in [-0.4, -0.2) is 27.8 Å². The molecule has 1 amide bonds. The number of alkyl halides is 4. The Hall–Kier alpha value is -3.24. The van der Waals surface area contributed by atoms with Crippen molar-refractivity contribution >= 4 is 40.1 Å². The van der Waals surface area contributed by atoms with Gasteiger partial charge in [0.2, 0.25) is 5.43 Å². The summed E-state index contributed by atoms with van der Waals surface area (Å²) in [5, 5.41) is 1.32. The maximum atomic E-state index is 14.7. The first-order valence-corrected chi connectivity index (χ1v) is 10.7. The van der Waals surface area contributed by atoms with E-state index < -0.39 is 52.7 Å². The van der Waals surface area contributed by atoms with Crippen molar-refractivity contribution in [2.45, 2.75) is 24.4 Å². The number of carbonyl (C=O) groups is 1. The molecule has 0 saturated heterocycles. The first kappa shape index (κ1) is 24.9. The molecule has 4 rings (SSSR count). The average Bonchev–Trinajstić information content (AvgIpc) is 2.78. The standard InChI is InChI=1S/C23H14Cl2F5N3O2/c24-11-7-14-19(34)15(10-33(21(14)31-9-11)18-6-5-12(26)8-17(18)27)22(35)32-20(23(28,29)30)13-3-1-2-4-16(13)25/h1-10,17-18,20H,(H,32,35). The molecular formula is C23H14Cl2F5N3O2. The number of hydrogen-bond acceptors (Lipinski definition) is 3. The van der Waals surface area contributed by atoms with Crippen molar-refractivity contribution in [3.05, 3.63) is 98.2 Å². The molecule has 2 aromatic heterocycles. The van der Waals surface area contributed by atoms with Gasteiger partial charge in [0.25, 0.3) is 5.91 Å². The van der Waals surface area contributed by atoms with Gasteiger partial charge < -0.3 is 9.88 Å². The highest BCUT2D eigenvalue weighted by Gasteiger charge is 2.43. The summed E-state index contributed by atoms with van der Waals surface area (Å²) in [6.45, 7) is 0. The van der Waals surface area contributed by atoms with Crippen molar-refractivity contribution in [1.82, 2.24) is 14.9 Å². The summed E-state index contributed by atoms with van der Waals surface area (Å²) in [5.74, 6) is -2.22. The van der Waals surface area contributed by atoms with Crippen LogP contribution < -0.4 is 10.7 Å². The first-order chi connectivity index (χ1) is 16.5. The Balaban J connectivity index is 1.85. The largest absolute Gasteiger partial charge is 0.412 e. The van der Waals surface area contributed by atoms with E-state index in [1.54, 1.807) is 5.32 Å². The summed E-state index contributed by atoms with van der Waals surface area (Å²) < 4.78 is 70.7. The molecule has 0 aliphatic heterocycles. The van der Waals surface area contributed by atoms with Gasteiger partial charge in [-0.15, -0.1) is 0 Å². The predicted molar refractivity (Wildman–Crippen MR) is 121 cm³/mol. The Labute approximate surface area is 204 Å². The summed E-state index contributed by atoms with van der Waals surface area (Å²) in [7, 11) is 0. The third-order valence-electron chi connectivity index (χ3n) is 5.32. The normalized spacial score (nSPS) is 18.9. The lowest BCUT2D eigenvalue weighted by atomic mass is 10.0. The number of nitrogens with one attached hydrogen (secondary N) is 1. The number of fused-ring (bicyclic) bond motifs is 1. The summed E-state index contributed by atoms with van der Waals surface area (Å²) in [5.41, 5.74) is -2.22. The van der Waals surface area contributed by atoms with E-state index in [2.05, 4.69) is 4.98 Å². The molecule has 3 unspecified atom stereocenters. The number of pyridine rings is 2. The SMILES string of the molecule is O=C(NC(c1ccccc1Cl)C(F)(F)F)c1cn(C2C=CC(F)=CC2F)c2ncc(Cl)cc2c1=O. The fourth-order valence-corrected chi connectivity index (χ4v) is 4.10. The van der Waals surface area contributed by atoms with E-state index in [-0.39, 0.29) is 21.1 Å². The smallest absolute Gasteiger partial charge is 0.336 e. The first-order valence-electron chi connectivity index (χ1n) is 9.99. The average molecular weight is 530 g/mol. The minimum atomic E-state index is -4.96. The van der Waals surface area contributed by atoms with Crippen LogP contribution in [0.25, 0.3) is 11.0 Å². The molecule has 182 valence electrons. The van der Waals surface area contributed by atoms with Crippen LogP contribution in [0.3, 0.4) is 0 Å². The zero-order valence-corrected chi connectivity index (χ0v) is 18.9. The summed E-state index contributed by atoms with van der Waals surface area (Å²) in [4.78, 5) is 30.1. The van der Waals surface area contributed by atoms with Crippen molar-refractivity contribution in [3.63, 3.8) is 0 Å². The van der Waals surface area contributed by atoms with E-state index in [0.29, 0.717) is 6.08 Å². The number of rotatable bonds is 4. The van der Waals surface area contributed by atoms with Crippen LogP contribution in [0.2, 0.25) is 10.0 Å². The minimum absolute atomic E-state index is 0.00451. The monoisotopic (exact) mass is 529 g/mol. The van der Waals surface area contributed by atoms with Crippen molar-refractivity contribution in [3.8, 4) is 0 Å². The fraction of sp³-hybridized carbons (Fsp3) is 0.174. The summed E-state index contributed by atoms with van der Waals surface area (Å²) in [6.07, 6.45) is -2.00. The molecule has 0 bridgehead atoms. The third-order valence-corrected chi connectivity index (χ3v) is 5.87. The second kappa shape index (κ2) is 9.43. The Morgan fingerprint density at radius 2 is 1.91 bits per heavy atom. The zero-order chi connectivity index (χ0) is 25.5. The number of halogens is 7. The topological polar surface area (TPSA) is 64.0 Å². The Kier molecular flexibility index (Phi) is 6.70. The van der Waals surface area contributed by atoms with E-state index in [0.717, 1.165) is 35.0 Å². The molecule has 2 heterocycles. The van der Waals surface area contributed by atoms with Crippen molar-refractivity contribution in [2.24, 2.45) is 0 Å². The number of nitrogens with zero attached hydrogens (tertiary/aromatic N) is 2. The molecule has 3 aromatic rings. The molecule has 1 aromatic carbocycles. The van der Waals surface area contributed by atoms with Gasteiger partial charge in [0, 0.05) is 23.0 Å². The molecule has 1 N–H and O–H groups in total. The maximum Gasteiger partial charge on any atom is 0.412 e. The summed E-state index contributed by atoms with van der Waals surface area (Å²) >= 11 is 11.8. The highest BCUT2D eigenvalue weighted by molar-refractivity contribution is 6.31. The zero-order valence-electron chi connectivity index (χ0n) is 17.4. The van der Waals surface area contributed by atoms with Gasteiger partial charge in [0.15, 0.2) is 6.04 Å². The number of aromatic nitrogens is 2. The Bertz CT molecular complexity index is 1430. The highest BCUT2D eigenvalue weighted by Crippen LogP contribution is 2.36. The van der Waals surface area contributed by atoms with Crippen molar-refractivity contribution in [1.29, 1.82) is 0 Å². The number of allylic oxidation sites excluding steroid dienone is 4. The molecule has 0 radical (unpaired) electrons. The van der Waals surface area contributed by atoms with Gasteiger partial charge in [0.1, 0.15) is 23.2 Å². The fourth-order valence-electron chi connectivity index (χ4n) is 3.70. The van der Waals surface area contributed by atoms with E-state index in [9.17, 15) is 31.5 Å². The van der Waals surface area contributed by atoms with Crippen LogP contribution in [0, 0.1) is 0 Å². The van der Waals surface area contributed by atoms with Crippen LogP contribution in [0.5, 0.6) is 0 Å². The van der Waals surface area contributed by atoms with Crippen LogP contribution >= 0.6 is 23.2 Å². The lowest BCUT2D eigenvalue weighted by molar-refractivity contribution is -0.155. The Morgan fingerprint density at radius 3 is 2.57 bits per heavy atom. The van der Waals surface area contributed by atoms with Gasteiger partial charge in [-0.1, -0.05) is 47.5 Å². The molecule has 1 aliphatic carbocycles. The summed E-state index contributed by atoms with van der Waals surface area (Å²) in [6, 6.07) is 2.43. The van der Waals surface area contributed by atoms with Gasteiger partial charge >= 0.3 is 6.18 Å². The molecule has 1 aliphatic rings. The van der Waals surface area contributed by atoms with E-state index in [1.807, 2.05) is 0 Å². The number of carbonyl (C=O) groups excluding carboxylic acids is 1. The second-order valence-corrected chi connectivity index (χ2v) is 8.46. The molecule has 0 spiro atoms. The van der Waals surface area contributed by atoms with E-state index in [4.69, 9.17) is 23.2 Å². The molecule has 0 fully saturated rings. The van der Waals surface area contributed by atoms with Crippen LogP contribution in [-0.2, 0) is 0 Å². The molecule has 5 nitrogen and oxygen atoms in total. The second-order valence-electron chi connectivity index (χ2n) is 7.62. The Morgan fingerprint density at radius 1 is 1.20 bits per heavy atom. The van der Waals surface area contributed by atoms with E-state index in [1.165, 1.54) is 24.4 Å². The lowest BCUT2D eigenvalue weighted by Gasteiger charge is -2.25. The van der Waals surface area contributed by atoms with Gasteiger partial charge in [0.05, 0.1) is 16.5 Å². The van der Waals surface area contributed by atoms with Gasteiger partial charge in [-0.3, -0.25) is 9.59 Å². The van der Waals surface area contributed by atoms with Crippen LogP contribution in [0.4, 0.5) is 22.0 Å². The van der Waals surface area contributed by atoms with Crippen LogP contribution in [0.15, 0.2) is 71.6 Å². The molecule has 3 atom stereocenters. The molecule has 0 saturated carbocycles. The number of amides is 1.